The Kier molecular flexibility index (Phi) is 4.91. The number of benzene rings is 3. The van der Waals surface area contributed by atoms with E-state index in [-0.39, 0.29) is 5.97 Å². The van der Waals surface area contributed by atoms with Crippen LogP contribution in [0.3, 0.4) is 0 Å². The summed E-state index contributed by atoms with van der Waals surface area (Å²) in [7, 11) is 0. The van der Waals surface area contributed by atoms with Gasteiger partial charge in [0.05, 0.1) is 5.56 Å². The second-order valence-corrected chi connectivity index (χ2v) is 5.57. The van der Waals surface area contributed by atoms with Crippen LogP contribution in [-0.4, -0.2) is 5.97 Å². The minimum atomic E-state index is -0.376. The molecule has 25 heavy (non-hydrogen) atoms. The molecule has 0 aliphatic carbocycles. The summed E-state index contributed by atoms with van der Waals surface area (Å²) in [5.41, 5.74) is 4.71. The molecule has 2 heteroatoms. The first-order valence-electron chi connectivity index (χ1n) is 7.97. The van der Waals surface area contributed by atoms with E-state index in [0.717, 1.165) is 22.3 Å². The third kappa shape index (κ3) is 3.93. The Morgan fingerprint density at radius 1 is 0.680 bits per heavy atom. The van der Waals surface area contributed by atoms with Crippen molar-refractivity contribution in [2.24, 2.45) is 0 Å². The average molecular weight is 326 g/mol. The average Bonchev–Trinajstić information content (AvgIpc) is 2.68. The monoisotopic (exact) mass is 326 g/mol. The number of esters is 1. The van der Waals surface area contributed by atoms with Crippen molar-refractivity contribution in [3.8, 4) is 16.9 Å². The standard InChI is InChI=1S/C23H18O2/c1-3-17-5-9-19(10-6-17)20-13-15-22(16-14-20)25-23(24)21-11-7-18(4-2)8-12-21/h3-16H,1-2H2. The largest absolute Gasteiger partial charge is 0.423 e. The smallest absolute Gasteiger partial charge is 0.343 e. The molecule has 0 heterocycles. The topological polar surface area (TPSA) is 26.3 Å². The van der Waals surface area contributed by atoms with Gasteiger partial charge in [-0.05, 0) is 46.5 Å². The molecule has 0 aliphatic heterocycles. The van der Waals surface area contributed by atoms with Gasteiger partial charge in [-0.25, -0.2) is 4.79 Å². The first-order valence-corrected chi connectivity index (χ1v) is 7.97. The number of carbonyl (C=O) groups is 1. The van der Waals surface area contributed by atoms with Crippen molar-refractivity contribution in [1.82, 2.24) is 0 Å². The van der Waals surface area contributed by atoms with Gasteiger partial charge in [-0.1, -0.05) is 73.8 Å². The van der Waals surface area contributed by atoms with Crippen LogP contribution in [0.15, 0.2) is 86.0 Å². The third-order valence-corrected chi connectivity index (χ3v) is 3.93. The number of rotatable bonds is 5. The van der Waals surface area contributed by atoms with Crippen LogP contribution < -0.4 is 4.74 Å². The lowest BCUT2D eigenvalue weighted by Gasteiger charge is -2.07. The van der Waals surface area contributed by atoms with E-state index in [4.69, 9.17) is 4.74 Å². The fourth-order valence-corrected chi connectivity index (χ4v) is 2.45. The Morgan fingerprint density at radius 3 is 1.60 bits per heavy atom. The molecule has 0 unspecified atom stereocenters. The van der Waals surface area contributed by atoms with Crippen molar-refractivity contribution < 1.29 is 9.53 Å². The Bertz CT molecular complexity index is 886. The van der Waals surface area contributed by atoms with E-state index in [0.29, 0.717) is 11.3 Å². The normalized spacial score (nSPS) is 10.1. The summed E-state index contributed by atoms with van der Waals surface area (Å²) >= 11 is 0. The van der Waals surface area contributed by atoms with Crippen LogP contribution in [0.25, 0.3) is 23.3 Å². The molecule has 0 aliphatic rings. The van der Waals surface area contributed by atoms with E-state index >= 15 is 0 Å². The molecule has 0 radical (unpaired) electrons. The van der Waals surface area contributed by atoms with Crippen molar-refractivity contribution in [3.63, 3.8) is 0 Å². The molecule has 0 amide bonds. The summed E-state index contributed by atoms with van der Waals surface area (Å²) in [6.07, 6.45) is 3.54. The molecule has 0 aromatic heterocycles. The highest BCUT2D eigenvalue weighted by molar-refractivity contribution is 5.91. The maximum Gasteiger partial charge on any atom is 0.343 e. The second-order valence-electron chi connectivity index (χ2n) is 5.57. The molecule has 2 nitrogen and oxygen atoms in total. The van der Waals surface area contributed by atoms with E-state index in [9.17, 15) is 4.79 Å². The van der Waals surface area contributed by atoms with Gasteiger partial charge in [0.2, 0.25) is 0 Å². The highest BCUT2D eigenvalue weighted by Gasteiger charge is 2.08. The quantitative estimate of drug-likeness (QED) is 0.433. The predicted molar refractivity (Wildman–Crippen MR) is 103 cm³/mol. The first kappa shape index (κ1) is 16.5. The Hall–Kier alpha value is -3.39. The highest BCUT2D eigenvalue weighted by Crippen LogP contribution is 2.23. The van der Waals surface area contributed by atoms with E-state index in [1.807, 2.05) is 54.6 Å². The minimum Gasteiger partial charge on any atom is -0.423 e. The van der Waals surface area contributed by atoms with Gasteiger partial charge in [-0.2, -0.15) is 0 Å². The molecule has 0 spiro atoms. The predicted octanol–water partition coefficient (Wildman–Crippen LogP) is 5.86. The van der Waals surface area contributed by atoms with Crippen LogP contribution in [-0.2, 0) is 0 Å². The van der Waals surface area contributed by atoms with Gasteiger partial charge in [0.1, 0.15) is 5.75 Å². The zero-order valence-corrected chi connectivity index (χ0v) is 13.8. The zero-order valence-electron chi connectivity index (χ0n) is 13.8. The van der Waals surface area contributed by atoms with Gasteiger partial charge in [-0.15, -0.1) is 0 Å². The van der Waals surface area contributed by atoms with Crippen LogP contribution in [0.4, 0.5) is 0 Å². The summed E-state index contributed by atoms with van der Waals surface area (Å²) in [6.45, 7) is 7.45. The fourth-order valence-electron chi connectivity index (χ4n) is 2.45. The van der Waals surface area contributed by atoms with Crippen molar-refractivity contribution in [3.05, 3.63) is 103 Å². The fraction of sp³-hybridized carbons (Fsp3) is 0. The number of carbonyl (C=O) groups excluding carboxylic acids is 1. The van der Waals surface area contributed by atoms with E-state index < -0.39 is 0 Å². The van der Waals surface area contributed by atoms with Crippen LogP contribution in [0.2, 0.25) is 0 Å². The molecule has 3 rings (SSSR count). The van der Waals surface area contributed by atoms with Crippen molar-refractivity contribution >= 4 is 18.1 Å². The molecule has 0 bridgehead atoms. The third-order valence-electron chi connectivity index (χ3n) is 3.93. The van der Waals surface area contributed by atoms with Gasteiger partial charge >= 0.3 is 5.97 Å². The zero-order chi connectivity index (χ0) is 17.6. The Balaban J connectivity index is 1.71. The van der Waals surface area contributed by atoms with Crippen LogP contribution in [0.5, 0.6) is 5.75 Å². The van der Waals surface area contributed by atoms with Gasteiger partial charge in [-0.3, -0.25) is 0 Å². The molecule has 0 atom stereocenters. The minimum absolute atomic E-state index is 0.376. The molecule has 0 N–H and O–H groups in total. The van der Waals surface area contributed by atoms with E-state index in [1.54, 1.807) is 30.3 Å². The van der Waals surface area contributed by atoms with E-state index in [2.05, 4.69) is 13.2 Å². The summed E-state index contributed by atoms with van der Waals surface area (Å²) in [6, 6.07) is 22.7. The Morgan fingerprint density at radius 2 is 1.12 bits per heavy atom. The number of hydrogen-bond acceptors (Lipinski definition) is 2. The van der Waals surface area contributed by atoms with Crippen molar-refractivity contribution in [2.75, 3.05) is 0 Å². The van der Waals surface area contributed by atoms with Crippen LogP contribution in [0, 0.1) is 0 Å². The summed E-state index contributed by atoms with van der Waals surface area (Å²) in [4.78, 5) is 12.2. The van der Waals surface area contributed by atoms with Crippen LogP contribution in [0.1, 0.15) is 21.5 Å². The molecular formula is C23H18O2. The second kappa shape index (κ2) is 7.45. The summed E-state index contributed by atoms with van der Waals surface area (Å²) in [5.74, 6) is 0.142. The lowest BCUT2D eigenvalue weighted by molar-refractivity contribution is 0.0735. The molecule has 122 valence electrons. The number of ether oxygens (including phenoxy) is 1. The first-order chi connectivity index (χ1) is 12.2. The van der Waals surface area contributed by atoms with E-state index in [1.165, 1.54) is 0 Å². The van der Waals surface area contributed by atoms with Crippen molar-refractivity contribution in [2.45, 2.75) is 0 Å². The maximum atomic E-state index is 12.2. The van der Waals surface area contributed by atoms with Crippen molar-refractivity contribution in [1.29, 1.82) is 0 Å². The van der Waals surface area contributed by atoms with Gasteiger partial charge in [0, 0.05) is 0 Å². The van der Waals surface area contributed by atoms with Gasteiger partial charge in [0.15, 0.2) is 0 Å². The molecule has 0 saturated carbocycles. The van der Waals surface area contributed by atoms with Gasteiger partial charge < -0.3 is 4.74 Å². The molecular weight excluding hydrogens is 308 g/mol. The lowest BCUT2D eigenvalue weighted by atomic mass is 10.0. The number of hydrogen-bond donors (Lipinski definition) is 0. The molecule has 3 aromatic rings. The molecule has 0 saturated heterocycles. The maximum absolute atomic E-state index is 12.2. The SMILES string of the molecule is C=Cc1ccc(C(=O)Oc2ccc(-c3ccc(C=C)cc3)cc2)cc1. The summed E-state index contributed by atoms with van der Waals surface area (Å²) < 4.78 is 5.42. The van der Waals surface area contributed by atoms with Crippen LogP contribution >= 0.6 is 0 Å². The lowest BCUT2D eigenvalue weighted by Crippen LogP contribution is -2.08. The Labute approximate surface area is 147 Å². The van der Waals surface area contributed by atoms with Gasteiger partial charge in [0.25, 0.3) is 0 Å². The summed E-state index contributed by atoms with van der Waals surface area (Å²) in [5, 5.41) is 0. The molecule has 3 aromatic carbocycles. The highest BCUT2D eigenvalue weighted by atomic mass is 16.5. The molecule has 0 fully saturated rings.